The fourth-order valence-electron chi connectivity index (χ4n) is 4.81. The van der Waals surface area contributed by atoms with Gasteiger partial charge in [-0.3, -0.25) is 4.90 Å². The minimum Gasteiger partial charge on any atom is -0.494 e. The maximum absolute atomic E-state index is 12.8. The standard InChI is InChI=1S/C26H23F3N8O/c1-38-20-4-2-3-19-22(20)34-25(30)37-23(19)33-21(35-37)8-10-36-9-7-15-5-6-16(11-17(15)14-36)18-12-31-24(32-13-18)26(27,28)29/h2-6,11-13H,7-10,14H2,1H3,(H2,30,34). The van der Waals surface area contributed by atoms with Crippen LogP contribution in [0.4, 0.5) is 19.1 Å². The first kappa shape index (κ1) is 24.0. The van der Waals surface area contributed by atoms with Crippen LogP contribution >= 0.6 is 0 Å². The first-order valence-corrected chi connectivity index (χ1v) is 12.0. The Balaban J connectivity index is 1.19. The van der Waals surface area contributed by atoms with Gasteiger partial charge in [-0.05, 0) is 41.3 Å². The second-order valence-corrected chi connectivity index (χ2v) is 9.14. The van der Waals surface area contributed by atoms with Gasteiger partial charge in [0.25, 0.3) is 0 Å². The van der Waals surface area contributed by atoms with E-state index >= 15 is 0 Å². The predicted octanol–water partition coefficient (Wildman–Crippen LogP) is 3.94. The topological polar surface area (TPSA) is 107 Å². The molecule has 0 amide bonds. The molecule has 1 aliphatic rings. The number of anilines is 1. The second kappa shape index (κ2) is 9.21. The van der Waals surface area contributed by atoms with Crippen LogP contribution in [0.15, 0.2) is 48.8 Å². The van der Waals surface area contributed by atoms with Gasteiger partial charge in [-0.2, -0.15) is 17.7 Å². The number of rotatable bonds is 5. The van der Waals surface area contributed by atoms with E-state index in [1.165, 1.54) is 18.0 Å². The highest BCUT2D eigenvalue weighted by atomic mass is 19.4. The van der Waals surface area contributed by atoms with Gasteiger partial charge in [-0.15, -0.1) is 5.10 Å². The maximum atomic E-state index is 12.8. The summed E-state index contributed by atoms with van der Waals surface area (Å²) in [5, 5.41) is 5.39. The molecule has 0 atom stereocenters. The Bertz CT molecular complexity index is 1650. The summed E-state index contributed by atoms with van der Waals surface area (Å²) in [6.45, 7) is 2.33. The third-order valence-corrected chi connectivity index (χ3v) is 6.74. The van der Waals surface area contributed by atoms with E-state index in [0.717, 1.165) is 36.0 Å². The molecule has 2 N–H and O–H groups in total. The van der Waals surface area contributed by atoms with Crippen molar-refractivity contribution in [3.63, 3.8) is 0 Å². The van der Waals surface area contributed by atoms with Crippen LogP contribution in [0, 0.1) is 0 Å². The van der Waals surface area contributed by atoms with Crippen LogP contribution in [0.5, 0.6) is 5.75 Å². The molecule has 4 heterocycles. The van der Waals surface area contributed by atoms with Crippen LogP contribution in [-0.4, -0.2) is 54.6 Å². The Morgan fingerprint density at radius 2 is 1.84 bits per heavy atom. The summed E-state index contributed by atoms with van der Waals surface area (Å²) in [6.07, 6.45) is -0.639. The first-order valence-electron chi connectivity index (χ1n) is 12.0. The van der Waals surface area contributed by atoms with E-state index in [-0.39, 0.29) is 5.95 Å². The van der Waals surface area contributed by atoms with Crippen LogP contribution in [0.2, 0.25) is 0 Å². The summed E-state index contributed by atoms with van der Waals surface area (Å²) in [4.78, 5) is 18.5. The Kier molecular flexibility index (Phi) is 5.83. The van der Waals surface area contributed by atoms with Gasteiger partial charge in [0.15, 0.2) is 11.5 Å². The van der Waals surface area contributed by atoms with Crippen LogP contribution in [0.25, 0.3) is 27.7 Å². The number of aromatic nitrogens is 6. The number of hydrogen-bond donors (Lipinski definition) is 1. The molecule has 6 rings (SSSR count). The van der Waals surface area contributed by atoms with Gasteiger partial charge in [-0.25, -0.2) is 19.9 Å². The molecule has 194 valence electrons. The zero-order valence-corrected chi connectivity index (χ0v) is 20.4. The van der Waals surface area contributed by atoms with Crippen molar-refractivity contribution in [3.8, 4) is 16.9 Å². The van der Waals surface area contributed by atoms with Gasteiger partial charge in [0.1, 0.15) is 11.3 Å². The molecule has 0 spiro atoms. The molecule has 1 aliphatic heterocycles. The molecule has 0 radical (unpaired) electrons. The van der Waals surface area contributed by atoms with Crippen molar-refractivity contribution in [1.82, 2.24) is 34.4 Å². The van der Waals surface area contributed by atoms with Gasteiger partial charge in [-0.1, -0.05) is 18.2 Å². The summed E-state index contributed by atoms with van der Waals surface area (Å²) < 4.78 is 45.4. The molecule has 12 heteroatoms. The van der Waals surface area contributed by atoms with Gasteiger partial charge in [0, 0.05) is 49.4 Å². The lowest BCUT2D eigenvalue weighted by Crippen LogP contribution is -2.32. The van der Waals surface area contributed by atoms with E-state index in [9.17, 15) is 13.2 Å². The number of methoxy groups -OCH3 is 1. The molecule has 0 saturated heterocycles. The van der Waals surface area contributed by atoms with Crippen molar-refractivity contribution >= 4 is 22.5 Å². The van der Waals surface area contributed by atoms with Crippen molar-refractivity contribution in [2.75, 3.05) is 25.9 Å². The zero-order chi connectivity index (χ0) is 26.4. The molecule has 0 bridgehead atoms. The van der Waals surface area contributed by atoms with Crippen LogP contribution in [-0.2, 0) is 25.6 Å². The molecule has 38 heavy (non-hydrogen) atoms. The Morgan fingerprint density at radius 1 is 1.03 bits per heavy atom. The maximum Gasteiger partial charge on any atom is 0.451 e. The molecule has 0 unspecified atom stereocenters. The highest BCUT2D eigenvalue weighted by Crippen LogP contribution is 2.30. The average molecular weight is 521 g/mol. The molecule has 5 aromatic rings. The summed E-state index contributed by atoms with van der Waals surface area (Å²) in [5.74, 6) is 0.378. The van der Waals surface area contributed by atoms with E-state index in [2.05, 4.69) is 25.0 Å². The Hall–Kier alpha value is -4.32. The van der Waals surface area contributed by atoms with Crippen molar-refractivity contribution in [2.24, 2.45) is 0 Å². The lowest BCUT2D eigenvalue weighted by Gasteiger charge is -2.28. The molecule has 9 nitrogen and oxygen atoms in total. The highest BCUT2D eigenvalue weighted by Gasteiger charge is 2.34. The Labute approximate surface area is 215 Å². The van der Waals surface area contributed by atoms with Crippen LogP contribution in [0.3, 0.4) is 0 Å². The van der Waals surface area contributed by atoms with Crippen molar-refractivity contribution in [1.29, 1.82) is 0 Å². The number of benzene rings is 2. The van der Waals surface area contributed by atoms with E-state index in [1.54, 1.807) is 11.6 Å². The average Bonchev–Trinajstić information content (AvgIpc) is 3.36. The first-order chi connectivity index (χ1) is 18.3. The number of nitrogens with zero attached hydrogens (tertiary/aromatic N) is 7. The fourth-order valence-corrected chi connectivity index (χ4v) is 4.81. The summed E-state index contributed by atoms with van der Waals surface area (Å²) in [5.41, 5.74) is 11.1. The zero-order valence-electron chi connectivity index (χ0n) is 20.4. The predicted molar refractivity (Wildman–Crippen MR) is 134 cm³/mol. The lowest BCUT2D eigenvalue weighted by molar-refractivity contribution is -0.144. The third-order valence-electron chi connectivity index (χ3n) is 6.74. The largest absolute Gasteiger partial charge is 0.494 e. The van der Waals surface area contributed by atoms with Crippen LogP contribution in [0.1, 0.15) is 22.8 Å². The lowest BCUT2D eigenvalue weighted by atomic mass is 9.95. The number of para-hydroxylation sites is 1. The number of halogens is 3. The van der Waals surface area contributed by atoms with E-state index < -0.39 is 12.0 Å². The van der Waals surface area contributed by atoms with Gasteiger partial charge >= 0.3 is 6.18 Å². The summed E-state index contributed by atoms with van der Waals surface area (Å²) in [7, 11) is 1.59. The number of nitrogens with two attached hydrogens (primary N) is 1. The van der Waals surface area contributed by atoms with Crippen LogP contribution < -0.4 is 10.5 Å². The molecule has 0 saturated carbocycles. The molecular formula is C26H23F3N8O. The van der Waals surface area contributed by atoms with E-state index in [4.69, 9.17) is 15.5 Å². The SMILES string of the molecule is COc1cccc2c1nc(N)n1nc(CCN3CCc4ccc(-c5cnc(C(F)(F)F)nc5)cc4C3)nc21. The van der Waals surface area contributed by atoms with E-state index in [0.29, 0.717) is 41.3 Å². The van der Waals surface area contributed by atoms with Gasteiger partial charge in [0.2, 0.25) is 11.8 Å². The monoisotopic (exact) mass is 520 g/mol. The molecule has 2 aromatic carbocycles. The van der Waals surface area contributed by atoms with Gasteiger partial charge in [0.05, 0.1) is 7.11 Å². The molecule has 0 aliphatic carbocycles. The van der Waals surface area contributed by atoms with Crippen molar-refractivity contribution in [2.45, 2.75) is 25.6 Å². The fraction of sp³-hybridized carbons (Fsp3) is 0.269. The number of nitrogen functional groups attached to an aromatic ring is 1. The number of fused-ring (bicyclic) bond motifs is 4. The summed E-state index contributed by atoms with van der Waals surface area (Å²) >= 11 is 0. The van der Waals surface area contributed by atoms with Gasteiger partial charge < -0.3 is 10.5 Å². The normalized spacial score (nSPS) is 14.2. The quantitative estimate of drug-likeness (QED) is 0.371. The number of alkyl halides is 3. The molecular weight excluding hydrogens is 497 g/mol. The van der Waals surface area contributed by atoms with Crippen molar-refractivity contribution in [3.05, 3.63) is 71.6 Å². The summed E-state index contributed by atoms with van der Waals surface area (Å²) in [6, 6.07) is 11.6. The second-order valence-electron chi connectivity index (χ2n) is 9.14. The number of hydrogen-bond acceptors (Lipinski definition) is 8. The van der Waals surface area contributed by atoms with E-state index in [1.807, 2.05) is 36.4 Å². The highest BCUT2D eigenvalue weighted by molar-refractivity contribution is 5.95. The Morgan fingerprint density at radius 3 is 2.61 bits per heavy atom. The minimum atomic E-state index is -4.56. The smallest absolute Gasteiger partial charge is 0.451 e. The van der Waals surface area contributed by atoms with Crippen molar-refractivity contribution < 1.29 is 17.9 Å². The number of ether oxygens (including phenoxy) is 1. The minimum absolute atomic E-state index is 0.238. The molecule has 3 aromatic heterocycles. The molecule has 0 fully saturated rings. The third kappa shape index (κ3) is 4.36.